The van der Waals surface area contributed by atoms with Crippen molar-refractivity contribution in [3.8, 4) is 11.3 Å². The molecule has 0 radical (unpaired) electrons. The molecule has 11 heteroatoms. The van der Waals surface area contributed by atoms with E-state index in [0.717, 1.165) is 30.8 Å². The molecule has 0 spiro atoms. The number of imidazole rings is 1. The van der Waals surface area contributed by atoms with Crippen LogP contribution in [0.2, 0.25) is 5.02 Å². The van der Waals surface area contributed by atoms with E-state index in [1.54, 1.807) is 36.5 Å². The van der Waals surface area contributed by atoms with Crippen molar-refractivity contribution in [3.63, 3.8) is 0 Å². The molecule has 41 heavy (non-hydrogen) atoms. The largest absolute Gasteiger partial charge is 0.382 e. The molecule has 0 aliphatic heterocycles. The van der Waals surface area contributed by atoms with Crippen LogP contribution in [0.4, 0.5) is 15.9 Å². The number of hydrogen-bond donors (Lipinski definition) is 2. The van der Waals surface area contributed by atoms with Crippen LogP contribution in [-0.4, -0.2) is 47.8 Å². The minimum atomic E-state index is -3.92. The van der Waals surface area contributed by atoms with Gasteiger partial charge < -0.3 is 10.6 Å². The van der Waals surface area contributed by atoms with E-state index in [-0.39, 0.29) is 23.2 Å². The fraction of sp³-hybridized carbons (Fsp3) is 0.333. The third-order valence-corrected chi connectivity index (χ3v) is 9.07. The Balaban J connectivity index is 1.52. The minimum absolute atomic E-state index is 0.0521. The van der Waals surface area contributed by atoms with Crippen molar-refractivity contribution >= 4 is 44.2 Å². The number of nitrogen functional groups attached to an aromatic ring is 1. The van der Waals surface area contributed by atoms with Crippen LogP contribution in [0, 0.1) is 5.82 Å². The van der Waals surface area contributed by atoms with E-state index < -0.39 is 15.8 Å². The van der Waals surface area contributed by atoms with Crippen LogP contribution in [0.1, 0.15) is 56.1 Å². The molecular weight excluding hydrogens is 563 g/mol. The maximum atomic E-state index is 15.4. The van der Waals surface area contributed by atoms with Gasteiger partial charge in [0, 0.05) is 22.5 Å². The van der Waals surface area contributed by atoms with Gasteiger partial charge in [-0.3, -0.25) is 9.12 Å². The number of nitrogens with zero attached hydrogens (tertiary/aromatic N) is 4. The molecule has 2 aromatic carbocycles. The van der Waals surface area contributed by atoms with Crippen molar-refractivity contribution < 1.29 is 12.8 Å². The number of sulfonamides is 1. The second-order valence-corrected chi connectivity index (χ2v) is 13.1. The molecule has 8 nitrogen and oxygen atoms in total. The summed E-state index contributed by atoms with van der Waals surface area (Å²) >= 11 is 6.12. The monoisotopic (exact) mass is 596 g/mol. The molecule has 1 atom stereocenters. The second-order valence-electron chi connectivity index (χ2n) is 11.0. The predicted molar refractivity (Wildman–Crippen MR) is 164 cm³/mol. The van der Waals surface area contributed by atoms with Gasteiger partial charge in [0.05, 0.1) is 23.3 Å². The molecule has 0 saturated heterocycles. The number of anilines is 2. The fourth-order valence-electron chi connectivity index (χ4n) is 5.27. The van der Waals surface area contributed by atoms with Gasteiger partial charge in [-0.2, -0.15) is 0 Å². The van der Waals surface area contributed by atoms with Gasteiger partial charge >= 0.3 is 0 Å². The number of rotatable bonds is 8. The lowest BCUT2D eigenvalue weighted by atomic mass is 9.92. The van der Waals surface area contributed by atoms with E-state index in [4.69, 9.17) is 22.3 Å². The zero-order chi connectivity index (χ0) is 29.5. The van der Waals surface area contributed by atoms with Crippen LogP contribution in [-0.2, 0) is 15.8 Å². The lowest BCUT2D eigenvalue weighted by Crippen LogP contribution is -2.29. The molecule has 4 aromatic rings. The molecular formula is C30H34ClFN6O2S. The molecule has 2 aromatic heterocycles. The van der Waals surface area contributed by atoms with Gasteiger partial charge in [0.2, 0.25) is 10.0 Å². The van der Waals surface area contributed by atoms with Gasteiger partial charge in [-0.05, 0) is 62.7 Å². The van der Waals surface area contributed by atoms with E-state index >= 15 is 4.39 Å². The number of nitrogens with one attached hydrogen (secondary N) is 1. The molecule has 216 valence electrons. The second kappa shape index (κ2) is 11.4. The Kier molecular flexibility index (Phi) is 8.09. The molecule has 0 fully saturated rings. The third-order valence-electron chi connectivity index (χ3n) is 7.48. The number of nitrogens with two attached hydrogens (primary N) is 1. The number of fused-ring (bicyclic) bond motifs is 1. The number of aromatic nitrogens is 3. The molecule has 1 aliphatic carbocycles. The highest BCUT2D eigenvalue weighted by atomic mass is 35.5. The first kappa shape index (κ1) is 29.0. The van der Waals surface area contributed by atoms with E-state index in [2.05, 4.69) is 34.8 Å². The average molecular weight is 597 g/mol. The summed E-state index contributed by atoms with van der Waals surface area (Å²) < 4.78 is 45.3. The summed E-state index contributed by atoms with van der Waals surface area (Å²) in [6.07, 6.45) is 6.91. The van der Waals surface area contributed by atoms with Crippen LogP contribution in [0.15, 0.2) is 54.7 Å². The summed E-state index contributed by atoms with van der Waals surface area (Å²) in [5.74, 6) is 0.0180. The smallest absolute Gasteiger partial charge is 0.237 e. The molecule has 1 unspecified atom stereocenters. The Morgan fingerprint density at radius 3 is 2.61 bits per heavy atom. The zero-order valence-corrected chi connectivity index (χ0v) is 25.1. The molecule has 3 N–H and O–H groups in total. The molecule has 0 amide bonds. The predicted octanol–water partition coefficient (Wildman–Crippen LogP) is 6.33. The quantitative estimate of drug-likeness (QED) is 0.246. The summed E-state index contributed by atoms with van der Waals surface area (Å²) in [6.45, 7) is 4.10. The van der Waals surface area contributed by atoms with Crippen molar-refractivity contribution in [3.05, 3.63) is 82.7 Å². The first-order valence-corrected chi connectivity index (χ1v) is 15.5. The maximum Gasteiger partial charge on any atom is 0.237 e. The Hall–Kier alpha value is -3.47. The standard InChI is InChI=1S/C30H34ClFN6O2S/c1-18(2)30-35-27(28-29(33)34-16-26(38(28)30)19-9-12-22(13-10-19)37(3)4)20-11-14-25(24(32)15-20)36-41(39,40)17-21-7-5-6-8-23(21)31/h5-9,11,14-16,18,22,36H,10,12-13,17H2,1-4H3,(H2,33,34). The Morgan fingerprint density at radius 2 is 1.98 bits per heavy atom. The third kappa shape index (κ3) is 5.95. The summed E-state index contributed by atoms with van der Waals surface area (Å²) in [4.78, 5) is 11.7. The normalized spacial score (nSPS) is 16.0. The highest BCUT2D eigenvalue weighted by molar-refractivity contribution is 7.91. The Morgan fingerprint density at radius 1 is 1.22 bits per heavy atom. The molecule has 1 aliphatic rings. The van der Waals surface area contributed by atoms with Crippen molar-refractivity contribution in [2.75, 3.05) is 24.6 Å². The highest BCUT2D eigenvalue weighted by Crippen LogP contribution is 2.37. The average Bonchev–Trinajstić information content (AvgIpc) is 3.33. The topological polar surface area (TPSA) is 106 Å². The van der Waals surface area contributed by atoms with Crippen LogP contribution >= 0.6 is 11.6 Å². The van der Waals surface area contributed by atoms with Crippen LogP contribution in [0.25, 0.3) is 22.3 Å². The molecule has 0 saturated carbocycles. The summed E-state index contributed by atoms with van der Waals surface area (Å²) in [6, 6.07) is 11.4. The zero-order valence-electron chi connectivity index (χ0n) is 23.5. The van der Waals surface area contributed by atoms with Gasteiger partial charge in [-0.1, -0.05) is 55.8 Å². The SMILES string of the molecule is CC(C)c1nc(-c2ccc(NS(=O)(=O)Cc3ccccc3Cl)c(F)c2)c2c(N)ncc(C3=CCC(N(C)C)CC3)n12. The number of benzene rings is 2. The minimum Gasteiger partial charge on any atom is -0.382 e. The maximum absolute atomic E-state index is 15.4. The summed E-state index contributed by atoms with van der Waals surface area (Å²) in [5.41, 5.74) is 10.3. The van der Waals surface area contributed by atoms with Crippen LogP contribution in [0.3, 0.4) is 0 Å². The van der Waals surface area contributed by atoms with Gasteiger partial charge in [0.1, 0.15) is 28.7 Å². The molecule has 2 heterocycles. The van der Waals surface area contributed by atoms with Crippen LogP contribution < -0.4 is 10.5 Å². The van der Waals surface area contributed by atoms with E-state index in [1.807, 2.05) is 18.2 Å². The van der Waals surface area contributed by atoms with E-state index in [0.29, 0.717) is 33.4 Å². The Labute approximate surface area is 245 Å². The lowest BCUT2D eigenvalue weighted by Gasteiger charge is -2.28. The molecule has 0 bridgehead atoms. The number of hydrogen-bond acceptors (Lipinski definition) is 6. The number of halogens is 2. The number of allylic oxidation sites excluding steroid dienone is 1. The van der Waals surface area contributed by atoms with Crippen LogP contribution in [0.5, 0.6) is 0 Å². The fourth-order valence-corrected chi connectivity index (χ4v) is 6.79. The van der Waals surface area contributed by atoms with Crippen molar-refractivity contribution in [1.29, 1.82) is 0 Å². The summed E-state index contributed by atoms with van der Waals surface area (Å²) in [7, 11) is 0.274. The first-order chi connectivity index (χ1) is 19.4. The molecule has 5 rings (SSSR count). The van der Waals surface area contributed by atoms with E-state index in [1.165, 1.54) is 17.7 Å². The lowest BCUT2D eigenvalue weighted by molar-refractivity contribution is 0.277. The van der Waals surface area contributed by atoms with Gasteiger partial charge in [-0.15, -0.1) is 0 Å². The first-order valence-electron chi connectivity index (χ1n) is 13.5. The van der Waals surface area contributed by atoms with Crippen molar-refractivity contribution in [2.24, 2.45) is 0 Å². The van der Waals surface area contributed by atoms with Crippen molar-refractivity contribution in [1.82, 2.24) is 19.3 Å². The van der Waals surface area contributed by atoms with Gasteiger partial charge in [-0.25, -0.2) is 22.8 Å². The van der Waals surface area contributed by atoms with E-state index in [9.17, 15) is 8.42 Å². The van der Waals surface area contributed by atoms with Gasteiger partial charge in [0.15, 0.2) is 0 Å². The van der Waals surface area contributed by atoms with Crippen molar-refractivity contribution in [2.45, 2.75) is 50.8 Å². The Bertz CT molecular complexity index is 1750. The highest BCUT2D eigenvalue weighted by Gasteiger charge is 2.25. The van der Waals surface area contributed by atoms with Gasteiger partial charge in [0.25, 0.3) is 0 Å². The summed E-state index contributed by atoms with van der Waals surface area (Å²) in [5, 5.41) is 0.327.